The normalized spacial score (nSPS) is 20.0. The zero-order valence-electron chi connectivity index (χ0n) is 16.9. The molecule has 3 rings (SSSR count). The molecule has 156 valence electrons. The summed E-state index contributed by atoms with van der Waals surface area (Å²) in [5, 5.41) is 6.84. The number of para-hydroxylation sites is 1. The number of nitrogens with one attached hydrogen (secondary N) is 2. The summed E-state index contributed by atoms with van der Waals surface area (Å²) >= 11 is 0. The number of hydrogen-bond acceptors (Lipinski definition) is 3. The summed E-state index contributed by atoms with van der Waals surface area (Å²) in [6.07, 6.45) is 6.38. The summed E-state index contributed by atoms with van der Waals surface area (Å²) in [5.74, 6) is 2.34. The van der Waals surface area contributed by atoms with E-state index in [4.69, 9.17) is 4.74 Å². The summed E-state index contributed by atoms with van der Waals surface area (Å²) in [5.41, 5.74) is 1.18. The summed E-state index contributed by atoms with van der Waals surface area (Å²) in [6.45, 7) is 2.41. The number of rotatable bonds is 6. The predicted molar refractivity (Wildman–Crippen MR) is 124 cm³/mol. The lowest BCUT2D eigenvalue weighted by Gasteiger charge is -2.21. The molecule has 0 aromatic heterocycles. The number of carbonyl (C=O) groups is 1. The Morgan fingerprint density at radius 3 is 2.71 bits per heavy atom. The van der Waals surface area contributed by atoms with Gasteiger partial charge in [0.2, 0.25) is 5.91 Å². The molecule has 6 nitrogen and oxygen atoms in total. The molecule has 1 heterocycles. The quantitative estimate of drug-likeness (QED) is 0.358. The minimum atomic E-state index is 0. The summed E-state index contributed by atoms with van der Waals surface area (Å²) in [4.78, 5) is 18.9. The number of ether oxygens (including phenoxy) is 1. The topological polar surface area (TPSA) is 66.0 Å². The first kappa shape index (κ1) is 22.8. The molecule has 0 spiro atoms. The van der Waals surface area contributed by atoms with E-state index in [-0.39, 0.29) is 35.9 Å². The van der Waals surface area contributed by atoms with Crippen molar-refractivity contribution in [3.8, 4) is 5.75 Å². The Balaban J connectivity index is 0.00000280. The molecule has 2 N–H and O–H groups in total. The Hall–Kier alpha value is -1.51. The number of likely N-dealkylation sites (tertiary alicyclic amines) is 1. The minimum Gasteiger partial charge on any atom is -0.496 e. The molecule has 1 atom stereocenters. The van der Waals surface area contributed by atoms with Gasteiger partial charge in [-0.3, -0.25) is 9.79 Å². The number of nitrogens with zero attached hydrogens (tertiary/aromatic N) is 2. The highest BCUT2D eigenvalue weighted by Gasteiger charge is 2.32. The fraction of sp³-hybridized carbons (Fsp3) is 0.619. The van der Waals surface area contributed by atoms with Crippen LogP contribution in [0.5, 0.6) is 5.75 Å². The standard InChI is InChI=1S/C21H32N4O2.HI/c1-22-21(23-13-11-16-7-5-6-10-19(16)27-2)24-18-12-14-25(15-18)20(26)17-8-3-4-9-17;/h5-7,10,17-18H,3-4,8-9,11-15H2,1-2H3,(H2,22,23,24);1H. The van der Waals surface area contributed by atoms with E-state index in [9.17, 15) is 4.79 Å². The Labute approximate surface area is 185 Å². The van der Waals surface area contributed by atoms with E-state index in [1.54, 1.807) is 14.2 Å². The van der Waals surface area contributed by atoms with Gasteiger partial charge in [-0.05, 0) is 37.3 Å². The van der Waals surface area contributed by atoms with Crippen LogP contribution in [0, 0.1) is 5.92 Å². The van der Waals surface area contributed by atoms with Gasteiger partial charge in [-0.2, -0.15) is 0 Å². The van der Waals surface area contributed by atoms with Gasteiger partial charge in [0.1, 0.15) is 5.75 Å². The molecule has 1 aromatic rings. The zero-order valence-corrected chi connectivity index (χ0v) is 19.3. The van der Waals surface area contributed by atoms with Crippen molar-refractivity contribution in [2.24, 2.45) is 10.9 Å². The first-order valence-corrected chi connectivity index (χ1v) is 10.1. The van der Waals surface area contributed by atoms with Crippen LogP contribution in [0.15, 0.2) is 29.3 Å². The maximum Gasteiger partial charge on any atom is 0.225 e. The van der Waals surface area contributed by atoms with Gasteiger partial charge >= 0.3 is 0 Å². The Kier molecular flexibility index (Phi) is 9.34. The summed E-state index contributed by atoms with van der Waals surface area (Å²) in [6, 6.07) is 8.35. The second-order valence-corrected chi connectivity index (χ2v) is 7.46. The average Bonchev–Trinajstić information content (AvgIpc) is 3.39. The molecule has 0 radical (unpaired) electrons. The van der Waals surface area contributed by atoms with E-state index in [1.165, 1.54) is 18.4 Å². The van der Waals surface area contributed by atoms with Gasteiger partial charge in [0, 0.05) is 38.6 Å². The van der Waals surface area contributed by atoms with E-state index in [0.29, 0.717) is 5.91 Å². The van der Waals surface area contributed by atoms with Crippen LogP contribution in [-0.2, 0) is 11.2 Å². The van der Waals surface area contributed by atoms with Gasteiger partial charge < -0.3 is 20.3 Å². The van der Waals surface area contributed by atoms with E-state index >= 15 is 0 Å². The molecular formula is C21H33IN4O2. The number of amides is 1. The van der Waals surface area contributed by atoms with Gasteiger partial charge in [0.15, 0.2) is 5.96 Å². The van der Waals surface area contributed by atoms with Crippen molar-refractivity contribution in [2.45, 2.75) is 44.6 Å². The third-order valence-corrected chi connectivity index (χ3v) is 5.65. The number of hydrogen-bond donors (Lipinski definition) is 2. The number of methoxy groups -OCH3 is 1. The first-order valence-electron chi connectivity index (χ1n) is 10.1. The zero-order chi connectivity index (χ0) is 19.1. The molecule has 1 unspecified atom stereocenters. The average molecular weight is 500 g/mol. The van der Waals surface area contributed by atoms with Gasteiger partial charge in [-0.1, -0.05) is 31.0 Å². The number of aliphatic imine (C=N–C) groups is 1. The Morgan fingerprint density at radius 1 is 1.25 bits per heavy atom. The van der Waals surface area contributed by atoms with Crippen LogP contribution in [0.1, 0.15) is 37.7 Å². The molecule has 1 saturated heterocycles. The number of benzene rings is 1. The molecule has 7 heteroatoms. The molecule has 0 bridgehead atoms. The number of carbonyl (C=O) groups excluding carboxylic acids is 1. The maximum atomic E-state index is 12.6. The van der Waals surface area contributed by atoms with Crippen molar-refractivity contribution in [1.82, 2.24) is 15.5 Å². The second-order valence-electron chi connectivity index (χ2n) is 7.46. The van der Waals surface area contributed by atoms with Crippen molar-refractivity contribution in [2.75, 3.05) is 33.8 Å². The maximum absolute atomic E-state index is 12.6. The molecule has 1 saturated carbocycles. The van der Waals surface area contributed by atoms with E-state index < -0.39 is 0 Å². The largest absolute Gasteiger partial charge is 0.496 e. The Morgan fingerprint density at radius 2 is 2.00 bits per heavy atom. The molecule has 2 fully saturated rings. The van der Waals surface area contributed by atoms with Crippen molar-refractivity contribution in [1.29, 1.82) is 0 Å². The molecular weight excluding hydrogens is 467 g/mol. The molecule has 1 aliphatic heterocycles. The fourth-order valence-electron chi connectivity index (χ4n) is 4.12. The van der Waals surface area contributed by atoms with Crippen LogP contribution < -0.4 is 15.4 Å². The van der Waals surface area contributed by atoms with Crippen molar-refractivity contribution < 1.29 is 9.53 Å². The van der Waals surface area contributed by atoms with Crippen LogP contribution in [0.2, 0.25) is 0 Å². The number of guanidine groups is 1. The fourth-order valence-corrected chi connectivity index (χ4v) is 4.12. The third-order valence-electron chi connectivity index (χ3n) is 5.65. The SMILES string of the molecule is CN=C(NCCc1ccccc1OC)NC1CCN(C(=O)C2CCCC2)C1.I. The van der Waals surface area contributed by atoms with Crippen LogP contribution in [0.4, 0.5) is 0 Å². The van der Waals surface area contributed by atoms with Gasteiger partial charge in [0.25, 0.3) is 0 Å². The Bertz CT molecular complexity index is 662. The second kappa shape index (κ2) is 11.5. The van der Waals surface area contributed by atoms with Gasteiger partial charge in [-0.25, -0.2) is 0 Å². The van der Waals surface area contributed by atoms with Crippen molar-refractivity contribution in [3.05, 3.63) is 29.8 Å². The highest BCUT2D eigenvalue weighted by Crippen LogP contribution is 2.27. The van der Waals surface area contributed by atoms with Crippen molar-refractivity contribution >= 4 is 35.8 Å². The minimum absolute atomic E-state index is 0. The first-order chi connectivity index (χ1) is 13.2. The van der Waals surface area contributed by atoms with Crippen LogP contribution in [0.3, 0.4) is 0 Å². The van der Waals surface area contributed by atoms with Crippen LogP contribution in [0.25, 0.3) is 0 Å². The van der Waals surface area contributed by atoms with E-state index in [0.717, 1.165) is 57.0 Å². The van der Waals surface area contributed by atoms with Gasteiger partial charge in [0.05, 0.1) is 7.11 Å². The highest BCUT2D eigenvalue weighted by molar-refractivity contribution is 14.0. The van der Waals surface area contributed by atoms with Gasteiger partial charge in [-0.15, -0.1) is 24.0 Å². The molecule has 28 heavy (non-hydrogen) atoms. The molecule has 1 aromatic carbocycles. The molecule has 2 aliphatic rings. The lowest BCUT2D eigenvalue weighted by molar-refractivity contribution is -0.134. The third kappa shape index (κ3) is 5.99. The monoisotopic (exact) mass is 500 g/mol. The number of halogens is 1. The van der Waals surface area contributed by atoms with Crippen LogP contribution in [-0.4, -0.2) is 56.6 Å². The summed E-state index contributed by atoms with van der Waals surface area (Å²) in [7, 11) is 3.49. The smallest absolute Gasteiger partial charge is 0.225 e. The predicted octanol–water partition coefficient (Wildman–Crippen LogP) is 2.81. The lowest BCUT2D eigenvalue weighted by atomic mass is 10.1. The van der Waals surface area contributed by atoms with Crippen molar-refractivity contribution in [3.63, 3.8) is 0 Å². The summed E-state index contributed by atoms with van der Waals surface area (Å²) < 4.78 is 5.40. The molecule has 1 aliphatic carbocycles. The van der Waals surface area contributed by atoms with Crippen LogP contribution >= 0.6 is 24.0 Å². The highest BCUT2D eigenvalue weighted by atomic mass is 127. The van der Waals surface area contributed by atoms with E-state index in [1.807, 2.05) is 23.1 Å². The van der Waals surface area contributed by atoms with E-state index in [2.05, 4.69) is 21.7 Å². The molecule has 1 amide bonds. The lowest BCUT2D eigenvalue weighted by Crippen LogP contribution is -2.45.